The van der Waals surface area contributed by atoms with Gasteiger partial charge in [0.25, 0.3) is 0 Å². The number of hydrogen-bond acceptors (Lipinski definition) is 8. The molecule has 0 N–H and O–H groups in total. The number of aromatic nitrogens is 1. The third-order valence-corrected chi connectivity index (χ3v) is 7.72. The molecule has 1 aromatic carbocycles. The number of benzene rings is 1. The highest BCUT2D eigenvalue weighted by Crippen LogP contribution is 2.38. The van der Waals surface area contributed by atoms with E-state index in [4.69, 9.17) is 16.3 Å². The van der Waals surface area contributed by atoms with Crippen molar-refractivity contribution in [1.29, 1.82) is 0 Å². The number of pyridine rings is 1. The molecule has 0 fully saturated rings. The minimum Gasteiger partial charge on any atom is -0.465 e. The average molecular weight is 542 g/mol. The van der Waals surface area contributed by atoms with Crippen LogP contribution in [-0.4, -0.2) is 47.2 Å². The predicted octanol–water partition coefficient (Wildman–Crippen LogP) is 5.40. The predicted molar refractivity (Wildman–Crippen MR) is 147 cm³/mol. The largest absolute Gasteiger partial charge is 0.465 e. The second-order valence-corrected chi connectivity index (χ2v) is 9.99. The summed E-state index contributed by atoms with van der Waals surface area (Å²) in [6.45, 7) is 2.03. The maximum Gasteiger partial charge on any atom is 0.340 e. The van der Waals surface area contributed by atoms with Crippen LogP contribution in [-0.2, 0) is 14.3 Å². The molecule has 188 valence electrons. The van der Waals surface area contributed by atoms with Crippen molar-refractivity contribution in [2.24, 2.45) is 4.99 Å². The van der Waals surface area contributed by atoms with E-state index in [9.17, 15) is 14.4 Å². The molecule has 2 aromatic heterocycles. The molecular weight excluding hydrogens is 522 g/mol. The molecule has 1 aliphatic heterocycles. The highest BCUT2D eigenvalue weighted by Gasteiger charge is 2.29. The molecule has 2 aliphatic rings. The van der Waals surface area contributed by atoms with E-state index in [1.807, 2.05) is 37.0 Å². The number of allylic oxidation sites excluding steroid dienone is 3. The molecule has 7 nitrogen and oxygen atoms in total. The molecule has 0 spiro atoms. The van der Waals surface area contributed by atoms with Crippen molar-refractivity contribution < 1.29 is 19.1 Å². The number of methoxy groups -OCH3 is 1. The number of ether oxygens (including phenoxy) is 1. The fourth-order valence-corrected chi connectivity index (χ4v) is 5.80. The van der Waals surface area contributed by atoms with Gasteiger partial charge in [0, 0.05) is 56.6 Å². The van der Waals surface area contributed by atoms with Crippen LogP contribution in [0.2, 0.25) is 5.02 Å². The van der Waals surface area contributed by atoms with Gasteiger partial charge in [-0.15, -0.1) is 11.3 Å². The van der Waals surface area contributed by atoms with Gasteiger partial charge in [-0.25, -0.2) is 19.4 Å². The number of carbonyl (C=O) groups is 1. The molecule has 0 saturated carbocycles. The Morgan fingerprint density at radius 2 is 2.03 bits per heavy atom. The van der Waals surface area contributed by atoms with E-state index in [-0.39, 0.29) is 6.54 Å². The summed E-state index contributed by atoms with van der Waals surface area (Å²) in [6.07, 6.45) is 3.17. The summed E-state index contributed by atoms with van der Waals surface area (Å²) in [5.74, 6) is 10.6. The third kappa shape index (κ3) is 4.61. The molecule has 9 heteroatoms. The summed E-state index contributed by atoms with van der Waals surface area (Å²) in [5.41, 5.74) is 5.82. The Morgan fingerprint density at radius 3 is 2.79 bits per heavy atom. The number of halogens is 1. The fourth-order valence-electron chi connectivity index (χ4n) is 4.61. The molecule has 5 rings (SSSR count). The lowest BCUT2D eigenvalue weighted by Crippen LogP contribution is -2.34. The van der Waals surface area contributed by atoms with E-state index in [0.717, 1.165) is 27.1 Å². The van der Waals surface area contributed by atoms with Crippen molar-refractivity contribution >= 4 is 56.8 Å². The molecule has 0 saturated heterocycles. The first-order valence-electron chi connectivity index (χ1n) is 11.7. The van der Waals surface area contributed by atoms with E-state index in [2.05, 4.69) is 21.8 Å². The van der Waals surface area contributed by atoms with Crippen LogP contribution in [0.15, 0.2) is 63.4 Å². The van der Waals surface area contributed by atoms with Gasteiger partial charge < -0.3 is 9.64 Å². The lowest BCUT2D eigenvalue weighted by atomic mass is 9.89. The van der Waals surface area contributed by atoms with Crippen LogP contribution in [0.1, 0.15) is 42.1 Å². The summed E-state index contributed by atoms with van der Waals surface area (Å²) < 4.78 is 5.71. The molecule has 38 heavy (non-hydrogen) atoms. The molecule has 0 unspecified atom stereocenters. The molecule has 0 radical (unpaired) electrons. The number of hydrogen-bond donors (Lipinski definition) is 0. The van der Waals surface area contributed by atoms with Gasteiger partial charge >= 0.3 is 5.97 Å². The first-order valence-corrected chi connectivity index (χ1v) is 13.0. The zero-order valence-electron chi connectivity index (χ0n) is 20.6. The van der Waals surface area contributed by atoms with E-state index < -0.39 is 5.97 Å². The second kappa shape index (κ2) is 10.6. The first kappa shape index (κ1) is 25.4. The summed E-state index contributed by atoms with van der Waals surface area (Å²) in [7, 11) is 1.34. The standard InChI is InChI=1S/C29H20ClN3O4S/c1-17-32-25-8-5-18(14-34)12-23(25)26(15-35)33(17)11-3-4-19-6-7-20(30)13-22(19)21-9-10-31-27-24(29(36)37-2)16-38-28(21)27/h6-7,9-10,13,16H,5,8,11-12H2,1-2H3. The van der Waals surface area contributed by atoms with Gasteiger partial charge in [0.2, 0.25) is 0 Å². The summed E-state index contributed by atoms with van der Waals surface area (Å²) in [4.78, 5) is 46.1. The highest BCUT2D eigenvalue weighted by atomic mass is 35.5. The monoisotopic (exact) mass is 541 g/mol. The van der Waals surface area contributed by atoms with Crippen molar-refractivity contribution in [3.8, 4) is 23.0 Å². The Bertz CT molecular complexity index is 1730. The normalized spacial score (nSPS) is 14.8. The van der Waals surface area contributed by atoms with Crippen LogP contribution in [0.4, 0.5) is 0 Å². The topological polar surface area (TPSA) is 88.9 Å². The average Bonchev–Trinajstić information content (AvgIpc) is 3.37. The van der Waals surface area contributed by atoms with Gasteiger partial charge in [-0.1, -0.05) is 23.4 Å². The Morgan fingerprint density at radius 1 is 1.18 bits per heavy atom. The minimum absolute atomic E-state index is 0.205. The molecule has 0 amide bonds. The Hall–Kier alpha value is -4.24. The van der Waals surface area contributed by atoms with Crippen LogP contribution in [0.3, 0.4) is 0 Å². The van der Waals surface area contributed by atoms with Gasteiger partial charge in [0.05, 0.1) is 29.4 Å². The molecule has 1 aliphatic carbocycles. The van der Waals surface area contributed by atoms with Crippen molar-refractivity contribution in [2.75, 3.05) is 13.7 Å². The molecular formula is C29H20ClN3O4S. The van der Waals surface area contributed by atoms with E-state index in [1.54, 1.807) is 22.5 Å². The minimum atomic E-state index is -0.448. The highest BCUT2D eigenvalue weighted by molar-refractivity contribution is 7.18. The van der Waals surface area contributed by atoms with Gasteiger partial charge in [0.15, 0.2) is 5.94 Å². The van der Waals surface area contributed by atoms with Crippen LogP contribution in [0.5, 0.6) is 0 Å². The zero-order chi connectivity index (χ0) is 26.8. The SMILES string of the molecule is COC(=O)c1csc2c(-c3cc(Cl)ccc3C#CCN3C(=C=O)C4=C(CCC(=C=O)C4)N=C3C)ccnc12. The van der Waals surface area contributed by atoms with Crippen LogP contribution < -0.4 is 0 Å². The lowest BCUT2D eigenvalue weighted by molar-refractivity contribution is 0.0603. The van der Waals surface area contributed by atoms with Gasteiger partial charge in [-0.05, 0) is 44.0 Å². The third-order valence-electron chi connectivity index (χ3n) is 6.48. The number of nitrogens with zero attached hydrogens (tertiary/aromatic N) is 3. The lowest BCUT2D eigenvalue weighted by Gasteiger charge is -2.31. The Kier molecular flexibility index (Phi) is 7.11. The van der Waals surface area contributed by atoms with Crippen molar-refractivity contribution in [3.63, 3.8) is 0 Å². The quantitative estimate of drug-likeness (QED) is 0.250. The van der Waals surface area contributed by atoms with Gasteiger partial charge in [-0.2, -0.15) is 0 Å². The smallest absolute Gasteiger partial charge is 0.340 e. The number of rotatable bonds is 3. The summed E-state index contributed by atoms with van der Waals surface area (Å²) in [5, 5.41) is 2.27. The molecule has 0 bridgehead atoms. The van der Waals surface area contributed by atoms with Crippen LogP contribution in [0.25, 0.3) is 21.3 Å². The second-order valence-electron chi connectivity index (χ2n) is 8.67. The molecule has 0 atom stereocenters. The number of fused-ring (bicyclic) bond motifs is 1. The fraction of sp³-hybridized carbons (Fsp3) is 0.207. The molecule has 3 heterocycles. The maximum atomic E-state index is 12.2. The van der Waals surface area contributed by atoms with Gasteiger partial charge in [-0.3, -0.25) is 4.98 Å². The van der Waals surface area contributed by atoms with Crippen molar-refractivity contribution in [3.05, 3.63) is 74.5 Å². The molecule has 3 aromatic rings. The number of amidine groups is 1. The van der Waals surface area contributed by atoms with Gasteiger partial charge in [0.1, 0.15) is 17.5 Å². The van der Waals surface area contributed by atoms with E-state index in [0.29, 0.717) is 58.0 Å². The first-order chi connectivity index (χ1) is 18.4. The number of esters is 1. The number of aliphatic imine (C=N–C) groups is 1. The summed E-state index contributed by atoms with van der Waals surface area (Å²) in [6, 6.07) is 7.29. The van der Waals surface area contributed by atoms with Crippen molar-refractivity contribution in [2.45, 2.75) is 26.2 Å². The Labute approximate surface area is 227 Å². The zero-order valence-corrected chi connectivity index (χ0v) is 22.1. The number of thiophene rings is 1. The summed E-state index contributed by atoms with van der Waals surface area (Å²) >= 11 is 7.76. The maximum absolute atomic E-state index is 12.2. The van der Waals surface area contributed by atoms with Crippen LogP contribution in [0, 0.1) is 11.8 Å². The Balaban J connectivity index is 1.50. The van der Waals surface area contributed by atoms with E-state index >= 15 is 0 Å². The van der Waals surface area contributed by atoms with E-state index in [1.165, 1.54) is 18.4 Å². The van der Waals surface area contributed by atoms with Crippen molar-refractivity contribution in [1.82, 2.24) is 9.88 Å². The number of carbonyl (C=O) groups excluding carboxylic acids is 3. The van der Waals surface area contributed by atoms with Crippen LogP contribution >= 0.6 is 22.9 Å².